The zero-order chi connectivity index (χ0) is 15.3. The Labute approximate surface area is 129 Å². The molecule has 0 saturated carbocycles. The van der Waals surface area contributed by atoms with Gasteiger partial charge in [0.2, 0.25) is 0 Å². The monoisotopic (exact) mass is 322 g/mol. The zero-order valence-corrected chi connectivity index (χ0v) is 12.8. The third-order valence-electron chi connectivity index (χ3n) is 2.71. The van der Waals surface area contributed by atoms with E-state index in [0.29, 0.717) is 17.3 Å². The first-order valence-electron chi connectivity index (χ1n) is 6.24. The topological polar surface area (TPSA) is 58.2 Å². The summed E-state index contributed by atoms with van der Waals surface area (Å²) < 4.78 is 26.9. The van der Waals surface area contributed by atoms with Crippen LogP contribution in [0.5, 0.6) is 0 Å². The minimum Gasteiger partial charge on any atom is -0.382 e. The van der Waals surface area contributed by atoms with Crippen molar-refractivity contribution < 1.29 is 8.42 Å². The fourth-order valence-corrected chi connectivity index (χ4v) is 2.86. The fraction of sp³-hybridized carbons (Fsp3) is 0.0667. The molecule has 2 aromatic rings. The third-order valence-corrected chi connectivity index (χ3v) is 4.36. The van der Waals surface area contributed by atoms with E-state index < -0.39 is 10.0 Å². The second-order valence-corrected chi connectivity index (χ2v) is 6.43. The van der Waals surface area contributed by atoms with Gasteiger partial charge in [-0.2, -0.15) is 0 Å². The first-order chi connectivity index (χ1) is 10.0. The van der Waals surface area contributed by atoms with Gasteiger partial charge in [-0.3, -0.25) is 4.72 Å². The molecule has 110 valence electrons. The smallest absolute Gasteiger partial charge is 0.261 e. The van der Waals surface area contributed by atoms with Crippen molar-refractivity contribution in [2.45, 2.75) is 4.90 Å². The molecule has 2 aromatic carbocycles. The van der Waals surface area contributed by atoms with Crippen LogP contribution >= 0.6 is 11.6 Å². The van der Waals surface area contributed by atoms with Crippen molar-refractivity contribution in [3.05, 3.63) is 66.2 Å². The number of sulfonamides is 1. The minimum absolute atomic E-state index is 0.167. The first-order valence-corrected chi connectivity index (χ1v) is 8.10. The van der Waals surface area contributed by atoms with Crippen LogP contribution in [0.2, 0.25) is 5.02 Å². The van der Waals surface area contributed by atoms with Gasteiger partial charge < -0.3 is 5.32 Å². The highest BCUT2D eigenvalue weighted by Gasteiger charge is 2.13. The molecule has 0 fully saturated rings. The summed E-state index contributed by atoms with van der Waals surface area (Å²) in [6.07, 6.45) is 1.75. The van der Waals surface area contributed by atoms with Gasteiger partial charge in [0.05, 0.1) is 4.90 Å². The molecule has 0 bridgehead atoms. The van der Waals surface area contributed by atoms with Crippen molar-refractivity contribution in [3.63, 3.8) is 0 Å². The lowest BCUT2D eigenvalue weighted by Gasteiger charge is -2.09. The summed E-state index contributed by atoms with van der Waals surface area (Å²) in [4.78, 5) is 0.167. The van der Waals surface area contributed by atoms with E-state index in [4.69, 9.17) is 11.6 Å². The maximum absolute atomic E-state index is 12.2. The summed E-state index contributed by atoms with van der Waals surface area (Å²) in [5.74, 6) is 0. The highest BCUT2D eigenvalue weighted by atomic mass is 35.5. The molecular weight excluding hydrogens is 308 g/mol. The van der Waals surface area contributed by atoms with Crippen LogP contribution in [0.4, 0.5) is 11.4 Å². The molecule has 0 unspecified atom stereocenters. The molecular formula is C15H15ClN2O2S. The van der Waals surface area contributed by atoms with Gasteiger partial charge in [-0.25, -0.2) is 8.42 Å². The third kappa shape index (κ3) is 4.24. The van der Waals surface area contributed by atoms with Crippen LogP contribution in [0.15, 0.2) is 66.1 Å². The van der Waals surface area contributed by atoms with Gasteiger partial charge in [0.15, 0.2) is 0 Å². The van der Waals surface area contributed by atoms with E-state index in [-0.39, 0.29) is 4.90 Å². The molecule has 2 rings (SSSR count). The lowest BCUT2D eigenvalue weighted by molar-refractivity contribution is 0.601. The predicted molar refractivity (Wildman–Crippen MR) is 87.4 cm³/mol. The maximum Gasteiger partial charge on any atom is 0.261 e. The molecule has 0 heterocycles. The average molecular weight is 323 g/mol. The van der Waals surface area contributed by atoms with Gasteiger partial charge in [-0.15, -0.1) is 6.58 Å². The summed E-state index contributed by atoms with van der Waals surface area (Å²) in [5, 5.41) is 3.60. The van der Waals surface area contributed by atoms with Crippen molar-refractivity contribution in [2.75, 3.05) is 16.6 Å². The van der Waals surface area contributed by atoms with E-state index in [1.54, 1.807) is 42.5 Å². The summed E-state index contributed by atoms with van der Waals surface area (Å²) in [5.41, 5.74) is 1.39. The van der Waals surface area contributed by atoms with Crippen LogP contribution in [-0.4, -0.2) is 15.0 Å². The van der Waals surface area contributed by atoms with E-state index in [0.717, 1.165) is 5.69 Å². The van der Waals surface area contributed by atoms with Crippen molar-refractivity contribution >= 4 is 33.0 Å². The van der Waals surface area contributed by atoms with Crippen LogP contribution < -0.4 is 10.0 Å². The van der Waals surface area contributed by atoms with Crippen LogP contribution in [-0.2, 0) is 10.0 Å². The molecule has 6 heteroatoms. The van der Waals surface area contributed by atoms with E-state index in [2.05, 4.69) is 16.6 Å². The normalized spacial score (nSPS) is 10.9. The Hall–Kier alpha value is -1.98. The SMILES string of the molecule is C=CCNc1ccc(NS(=O)(=O)c2ccc(Cl)cc2)cc1. The van der Waals surface area contributed by atoms with Crippen LogP contribution in [0.3, 0.4) is 0 Å². The zero-order valence-electron chi connectivity index (χ0n) is 11.2. The number of nitrogens with one attached hydrogen (secondary N) is 2. The summed E-state index contributed by atoms with van der Waals surface area (Å²) in [6, 6.07) is 13.0. The molecule has 0 aliphatic rings. The Bertz CT molecular complexity index is 710. The van der Waals surface area contributed by atoms with Gasteiger partial charge in [0.1, 0.15) is 0 Å². The van der Waals surface area contributed by atoms with Gasteiger partial charge >= 0.3 is 0 Å². The Kier molecular flexibility index (Phi) is 4.88. The minimum atomic E-state index is -3.61. The standard InChI is InChI=1S/C15H15ClN2O2S/c1-2-11-17-13-5-7-14(8-6-13)18-21(19,20)15-9-3-12(16)4-10-15/h2-10,17-18H,1,11H2. The van der Waals surface area contributed by atoms with E-state index in [1.165, 1.54) is 12.1 Å². The molecule has 0 aromatic heterocycles. The molecule has 0 aliphatic carbocycles. The van der Waals surface area contributed by atoms with Crippen molar-refractivity contribution in [2.24, 2.45) is 0 Å². The van der Waals surface area contributed by atoms with E-state index in [1.807, 2.05) is 0 Å². The summed E-state index contributed by atoms with van der Waals surface area (Å²) in [7, 11) is -3.61. The molecule has 0 aliphatic heterocycles. The van der Waals surface area contributed by atoms with Crippen LogP contribution in [0, 0.1) is 0 Å². The van der Waals surface area contributed by atoms with Gasteiger partial charge in [-0.1, -0.05) is 17.7 Å². The number of rotatable bonds is 6. The molecule has 2 N–H and O–H groups in total. The molecule has 0 amide bonds. The molecule has 0 atom stereocenters. The second kappa shape index (κ2) is 6.65. The molecule has 0 spiro atoms. The van der Waals surface area contributed by atoms with Crippen LogP contribution in [0.1, 0.15) is 0 Å². The fourth-order valence-electron chi connectivity index (χ4n) is 1.67. The number of hydrogen-bond acceptors (Lipinski definition) is 3. The Morgan fingerprint density at radius 2 is 1.57 bits per heavy atom. The second-order valence-electron chi connectivity index (χ2n) is 4.31. The Morgan fingerprint density at radius 1 is 1.00 bits per heavy atom. The van der Waals surface area contributed by atoms with Crippen molar-refractivity contribution in [3.8, 4) is 0 Å². The largest absolute Gasteiger partial charge is 0.382 e. The van der Waals surface area contributed by atoms with Gasteiger partial charge in [0, 0.05) is 22.9 Å². The summed E-state index contributed by atoms with van der Waals surface area (Å²) in [6.45, 7) is 4.27. The van der Waals surface area contributed by atoms with Gasteiger partial charge in [-0.05, 0) is 48.5 Å². The number of hydrogen-bond donors (Lipinski definition) is 2. The molecule has 0 radical (unpaired) electrons. The van der Waals surface area contributed by atoms with Crippen molar-refractivity contribution in [1.29, 1.82) is 0 Å². The molecule has 21 heavy (non-hydrogen) atoms. The van der Waals surface area contributed by atoms with E-state index >= 15 is 0 Å². The molecule has 4 nitrogen and oxygen atoms in total. The van der Waals surface area contributed by atoms with Gasteiger partial charge in [0.25, 0.3) is 10.0 Å². The summed E-state index contributed by atoms with van der Waals surface area (Å²) >= 11 is 5.75. The van der Waals surface area contributed by atoms with Crippen LogP contribution in [0.25, 0.3) is 0 Å². The highest BCUT2D eigenvalue weighted by Crippen LogP contribution is 2.19. The number of anilines is 2. The number of benzene rings is 2. The lowest BCUT2D eigenvalue weighted by atomic mass is 10.3. The quantitative estimate of drug-likeness (QED) is 0.796. The predicted octanol–water partition coefficient (Wildman–Crippen LogP) is 3.74. The maximum atomic E-state index is 12.2. The Morgan fingerprint density at radius 3 is 2.14 bits per heavy atom. The average Bonchev–Trinajstić information content (AvgIpc) is 2.47. The number of halogens is 1. The Balaban J connectivity index is 2.13. The first kappa shape index (κ1) is 15.4. The molecule has 0 saturated heterocycles. The highest BCUT2D eigenvalue weighted by molar-refractivity contribution is 7.92. The lowest BCUT2D eigenvalue weighted by Crippen LogP contribution is -2.12. The van der Waals surface area contributed by atoms with Crippen molar-refractivity contribution in [1.82, 2.24) is 0 Å². The van der Waals surface area contributed by atoms with E-state index in [9.17, 15) is 8.42 Å².